The Hall–Kier alpha value is -2.51. The van der Waals surface area contributed by atoms with Crippen LogP contribution in [0.25, 0.3) is 5.69 Å². The summed E-state index contributed by atoms with van der Waals surface area (Å²) in [4.78, 5) is 2.71. The fraction of sp³-hybridized carbons (Fsp3) is 0.318. The van der Waals surface area contributed by atoms with Crippen LogP contribution < -0.4 is 0 Å². The molecular formula is C22H22FN3O2S. The molecule has 1 aromatic heterocycles. The van der Waals surface area contributed by atoms with Crippen LogP contribution in [0.2, 0.25) is 0 Å². The van der Waals surface area contributed by atoms with Crippen LogP contribution in [0.5, 0.6) is 0 Å². The summed E-state index contributed by atoms with van der Waals surface area (Å²) in [5, 5.41) is 4.60. The highest BCUT2D eigenvalue weighted by atomic mass is 32.2. The number of nitrogens with zero attached hydrogens (tertiary/aromatic N) is 3. The van der Waals surface area contributed by atoms with E-state index in [1.54, 1.807) is 30.3 Å². The van der Waals surface area contributed by atoms with Gasteiger partial charge in [-0.3, -0.25) is 4.90 Å². The van der Waals surface area contributed by atoms with Crippen LogP contribution in [0.4, 0.5) is 4.39 Å². The molecule has 2 aromatic carbocycles. The van der Waals surface area contributed by atoms with Crippen molar-refractivity contribution in [3.63, 3.8) is 0 Å². The summed E-state index contributed by atoms with van der Waals surface area (Å²) in [6, 6.07) is 14.4. The third-order valence-corrected chi connectivity index (χ3v) is 7.28. The molecular weight excluding hydrogens is 389 g/mol. The van der Waals surface area contributed by atoms with Gasteiger partial charge in [-0.25, -0.2) is 17.5 Å². The van der Waals surface area contributed by atoms with E-state index in [9.17, 15) is 12.8 Å². The lowest BCUT2D eigenvalue weighted by Crippen LogP contribution is -2.37. The van der Waals surface area contributed by atoms with Gasteiger partial charge < -0.3 is 0 Å². The van der Waals surface area contributed by atoms with Gasteiger partial charge in [0.05, 0.1) is 22.5 Å². The van der Waals surface area contributed by atoms with Crippen molar-refractivity contribution in [3.8, 4) is 5.69 Å². The van der Waals surface area contributed by atoms with Gasteiger partial charge in [-0.15, -0.1) is 0 Å². The van der Waals surface area contributed by atoms with Gasteiger partial charge >= 0.3 is 0 Å². The van der Waals surface area contributed by atoms with E-state index in [2.05, 4.69) is 10.00 Å². The topological polar surface area (TPSA) is 55.2 Å². The Morgan fingerprint density at radius 3 is 2.59 bits per heavy atom. The summed E-state index contributed by atoms with van der Waals surface area (Å²) in [7, 11) is -3.22. The van der Waals surface area contributed by atoms with Crippen molar-refractivity contribution in [3.05, 3.63) is 77.4 Å². The van der Waals surface area contributed by atoms with Crippen LogP contribution in [-0.2, 0) is 22.8 Å². The molecule has 2 bridgehead atoms. The minimum absolute atomic E-state index is 0.153. The monoisotopic (exact) mass is 411 g/mol. The summed E-state index contributed by atoms with van der Waals surface area (Å²) >= 11 is 0. The van der Waals surface area contributed by atoms with Crippen LogP contribution in [0.1, 0.15) is 35.7 Å². The lowest BCUT2D eigenvalue weighted by atomic mass is 9.99. The standard InChI is InChI=1S/C22H22FN3O2S/c1-29(27,28)18-9-6-16(7-10-18)26-22-12-17-8-11-21(19(22)13-24-26)25(17)14-15-4-2-3-5-20(15)23/h2-7,9-10,13,17,21H,8,11-12,14H2,1H3/t17-,21-/m0/s1. The van der Waals surface area contributed by atoms with Gasteiger partial charge in [0.15, 0.2) is 9.84 Å². The zero-order valence-corrected chi connectivity index (χ0v) is 16.9. The number of halogens is 1. The van der Waals surface area contributed by atoms with Gasteiger partial charge in [0.2, 0.25) is 0 Å². The van der Waals surface area contributed by atoms with Crippen molar-refractivity contribution >= 4 is 9.84 Å². The molecule has 2 aliphatic heterocycles. The average Bonchev–Trinajstić information content (AvgIpc) is 3.23. The molecule has 2 atom stereocenters. The van der Waals surface area contributed by atoms with E-state index in [1.807, 2.05) is 23.0 Å². The second-order valence-electron chi connectivity index (χ2n) is 7.94. The summed E-state index contributed by atoms with van der Waals surface area (Å²) in [5.74, 6) is -0.153. The Morgan fingerprint density at radius 1 is 1.10 bits per heavy atom. The molecule has 3 aromatic rings. The van der Waals surface area contributed by atoms with Gasteiger partial charge in [-0.1, -0.05) is 18.2 Å². The average molecular weight is 412 g/mol. The lowest BCUT2D eigenvalue weighted by molar-refractivity contribution is 0.165. The highest BCUT2D eigenvalue weighted by molar-refractivity contribution is 7.90. The van der Waals surface area contributed by atoms with Crippen molar-refractivity contribution in [2.45, 2.75) is 42.8 Å². The second kappa shape index (κ2) is 6.78. The molecule has 0 saturated carbocycles. The number of hydrogen-bond acceptors (Lipinski definition) is 4. The summed E-state index contributed by atoms with van der Waals surface area (Å²) in [6.45, 7) is 0.607. The number of benzene rings is 2. The quantitative estimate of drug-likeness (QED) is 0.657. The molecule has 5 rings (SSSR count). The maximum Gasteiger partial charge on any atom is 0.175 e. The molecule has 5 nitrogen and oxygen atoms in total. The van der Waals surface area contributed by atoms with Gasteiger partial charge in [0, 0.05) is 42.4 Å². The third kappa shape index (κ3) is 3.18. The van der Waals surface area contributed by atoms with Crippen LogP contribution in [-0.4, -0.2) is 35.4 Å². The molecule has 0 unspecified atom stereocenters. The van der Waals surface area contributed by atoms with E-state index in [-0.39, 0.29) is 11.9 Å². The Bertz CT molecular complexity index is 1170. The maximum absolute atomic E-state index is 14.2. The van der Waals surface area contributed by atoms with Gasteiger partial charge in [0.1, 0.15) is 5.82 Å². The van der Waals surface area contributed by atoms with Gasteiger partial charge in [-0.05, 0) is 43.2 Å². The smallest absolute Gasteiger partial charge is 0.175 e. The van der Waals surface area contributed by atoms with Crippen LogP contribution in [0.15, 0.2) is 59.6 Å². The van der Waals surface area contributed by atoms with E-state index in [1.165, 1.54) is 23.6 Å². The summed E-state index contributed by atoms with van der Waals surface area (Å²) < 4.78 is 39.5. The predicted molar refractivity (Wildman–Crippen MR) is 108 cm³/mol. The van der Waals surface area contributed by atoms with Crippen LogP contribution in [0.3, 0.4) is 0 Å². The number of aromatic nitrogens is 2. The molecule has 7 heteroatoms. The highest BCUT2D eigenvalue weighted by Gasteiger charge is 2.42. The first-order valence-electron chi connectivity index (χ1n) is 9.78. The second-order valence-corrected chi connectivity index (χ2v) is 9.96. The largest absolute Gasteiger partial charge is 0.289 e. The van der Waals surface area contributed by atoms with Crippen molar-refractivity contribution in [1.82, 2.24) is 14.7 Å². The normalized spacial score (nSPS) is 21.3. The molecule has 1 saturated heterocycles. The lowest BCUT2D eigenvalue weighted by Gasteiger charge is -2.35. The number of sulfone groups is 1. The van der Waals surface area contributed by atoms with E-state index >= 15 is 0 Å². The minimum atomic E-state index is -3.22. The third-order valence-electron chi connectivity index (χ3n) is 6.15. The first-order valence-corrected chi connectivity index (χ1v) is 11.7. The van der Waals surface area contributed by atoms with Gasteiger partial charge in [-0.2, -0.15) is 5.10 Å². The van der Waals surface area contributed by atoms with E-state index < -0.39 is 9.84 Å². The molecule has 0 aliphatic carbocycles. The SMILES string of the molecule is CS(=O)(=O)c1ccc(-n2ncc3c2C[C@@H]2CC[C@@H]3N2Cc2ccccc2F)cc1. The van der Waals surface area contributed by atoms with Crippen molar-refractivity contribution in [2.75, 3.05) is 6.26 Å². The Balaban J connectivity index is 1.46. The summed E-state index contributed by atoms with van der Waals surface area (Å²) in [5.41, 5.74) is 3.97. The first-order chi connectivity index (χ1) is 13.9. The molecule has 29 heavy (non-hydrogen) atoms. The van der Waals surface area contributed by atoms with E-state index in [0.29, 0.717) is 17.5 Å². The van der Waals surface area contributed by atoms with Crippen molar-refractivity contribution in [2.24, 2.45) is 0 Å². The van der Waals surface area contributed by atoms with Crippen molar-refractivity contribution < 1.29 is 12.8 Å². The fourth-order valence-electron chi connectivity index (χ4n) is 4.70. The molecule has 2 aliphatic rings. The summed E-state index contributed by atoms with van der Waals surface area (Å²) in [6.07, 6.45) is 6.11. The molecule has 3 heterocycles. The molecule has 0 radical (unpaired) electrons. The number of rotatable bonds is 4. The molecule has 0 amide bonds. The van der Waals surface area contributed by atoms with E-state index in [4.69, 9.17) is 0 Å². The van der Waals surface area contributed by atoms with E-state index in [0.717, 1.165) is 30.5 Å². The minimum Gasteiger partial charge on any atom is -0.289 e. The molecule has 150 valence electrons. The molecule has 0 N–H and O–H groups in total. The fourth-order valence-corrected chi connectivity index (χ4v) is 5.33. The predicted octanol–water partition coefficient (Wildman–Crippen LogP) is 3.68. The zero-order valence-electron chi connectivity index (χ0n) is 16.1. The van der Waals surface area contributed by atoms with Crippen LogP contribution >= 0.6 is 0 Å². The zero-order chi connectivity index (χ0) is 20.2. The molecule has 0 spiro atoms. The number of hydrogen-bond donors (Lipinski definition) is 0. The Morgan fingerprint density at radius 2 is 1.86 bits per heavy atom. The van der Waals surface area contributed by atoms with Gasteiger partial charge in [0.25, 0.3) is 0 Å². The Labute approximate surface area is 169 Å². The Kier molecular flexibility index (Phi) is 4.33. The van der Waals surface area contributed by atoms with Crippen molar-refractivity contribution in [1.29, 1.82) is 0 Å². The number of fused-ring (bicyclic) bond motifs is 4. The van der Waals surface area contributed by atoms with Crippen LogP contribution in [0, 0.1) is 5.82 Å². The molecule has 1 fully saturated rings. The maximum atomic E-state index is 14.2. The highest BCUT2D eigenvalue weighted by Crippen LogP contribution is 2.45. The first kappa shape index (κ1) is 18.5.